The molecule has 1 fully saturated rings. The third-order valence-electron chi connectivity index (χ3n) is 8.59. The molecule has 1 aliphatic rings. The van der Waals surface area contributed by atoms with Crippen LogP contribution in [0.4, 0.5) is 0 Å². The van der Waals surface area contributed by atoms with Gasteiger partial charge in [-0.15, -0.1) is 0 Å². The first-order chi connectivity index (χ1) is 24.5. The number of aliphatic hydroxyl groups is 1. The van der Waals surface area contributed by atoms with Crippen molar-refractivity contribution < 1.29 is 54.3 Å². The van der Waals surface area contributed by atoms with Crippen LogP contribution in [0.3, 0.4) is 0 Å². The molecule has 1 saturated heterocycles. The Kier molecular flexibility index (Phi) is 23.8. The third-order valence-corrected chi connectivity index (χ3v) is 8.59. The summed E-state index contributed by atoms with van der Waals surface area (Å²) in [5, 5.41) is 50.0. The van der Waals surface area contributed by atoms with E-state index in [0.29, 0.717) is 16.5 Å². The van der Waals surface area contributed by atoms with Crippen molar-refractivity contribution in [2.24, 2.45) is 0 Å². The molecule has 0 saturated carbocycles. The smallest absolute Gasteiger partial charge is 0.270 e. The molecule has 0 aromatic heterocycles. The molecular formula is C33H59N7O11. The molecule has 18 nitrogen and oxygen atoms in total. The van der Waals surface area contributed by atoms with Gasteiger partial charge in [0.15, 0.2) is 0 Å². The van der Waals surface area contributed by atoms with Crippen LogP contribution in [0, 0.1) is 0 Å². The van der Waals surface area contributed by atoms with Gasteiger partial charge in [0.1, 0.15) is 24.2 Å². The number of nitrogens with zero attached hydrogens (tertiary/aromatic N) is 3. The van der Waals surface area contributed by atoms with E-state index in [-0.39, 0.29) is 88.4 Å². The number of carbonyl (C=O) groups is 7. The Morgan fingerprint density at radius 3 is 1.71 bits per heavy atom. The summed E-state index contributed by atoms with van der Waals surface area (Å²) in [7, 11) is 0. The summed E-state index contributed by atoms with van der Waals surface area (Å²) < 4.78 is 0. The van der Waals surface area contributed by atoms with Gasteiger partial charge in [0.05, 0.1) is 6.61 Å². The topological polar surface area (TPSA) is 258 Å². The SMILES string of the molecule is CCCCCCCCCCCCC(=O)N[C@@H](CCCN(O)C=O)C(=O)N[C@@H](CO)C(=O)N(O)CCC[C@@H]1NC(=O)[C@H](CCCN(O)C=O)NC1=O. The maximum absolute atomic E-state index is 13.1. The Morgan fingerprint density at radius 2 is 1.20 bits per heavy atom. The number of aliphatic hydroxyl groups excluding tert-OH is 1. The summed E-state index contributed by atoms with van der Waals surface area (Å²) in [5.41, 5.74) is 0. The lowest BCUT2D eigenvalue weighted by Crippen LogP contribution is -2.61. The Balaban J connectivity index is 2.58. The van der Waals surface area contributed by atoms with Crippen molar-refractivity contribution in [1.82, 2.24) is 36.5 Å². The normalized spacial score (nSPS) is 16.6. The van der Waals surface area contributed by atoms with Crippen molar-refractivity contribution in [3.63, 3.8) is 0 Å². The molecule has 0 unspecified atom stereocenters. The minimum atomic E-state index is -1.57. The number of hydrogen-bond acceptors (Lipinski definition) is 11. The van der Waals surface area contributed by atoms with Crippen LogP contribution in [0.15, 0.2) is 0 Å². The Labute approximate surface area is 299 Å². The standard InChI is InChI=1S/C33H59N7O11/c1-2-3-4-5-6-7-8-9-10-11-18-29(44)34-25(15-12-19-38(49)23-42)30(45)37-28(22-41)33(48)40(51)21-14-17-27-32(47)35-26(31(46)36-27)16-13-20-39(50)24-43/h23-28,41,49-51H,2-22H2,1H3,(H,34,44)(H,35,47)(H,36,46)(H,37,45)/t25-,26-,27-,28-/m0/s1. The van der Waals surface area contributed by atoms with Crippen LogP contribution in [-0.2, 0) is 33.6 Å². The van der Waals surface area contributed by atoms with Crippen molar-refractivity contribution >= 4 is 42.4 Å². The number of hydroxylamine groups is 6. The fraction of sp³-hybridized carbons (Fsp3) is 0.788. The molecule has 0 spiro atoms. The highest BCUT2D eigenvalue weighted by molar-refractivity contribution is 5.97. The monoisotopic (exact) mass is 729 g/mol. The molecule has 0 bridgehead atoms. The maximum Gasteiger partial charge on any atom is 0.270 e. The van der Waals surface area contributed by atoms with Crippen LogP contribution >= 0.6 is 0 Å². The third kappa shape index (κ3) is 19.4. The average Bonchev–Trinajstić information content (AvgIpc) is 3.11. The molecule has 0 radical (unpaired) electrons. The van der Waals surface area contributed by atoms with Crippen molar-refractivity contribution in [2.75, 3.05) is 26.2 Å². The first-order valence-corrected chi connectivity index (χ1v) is 18.1. The summed E-state index contributed by atoms with van der Waals surface area (Å²) in [6.45, 7) is 0.879. The van der Waals surface area contributed by atoms with Crippen molar-refractivity contribution in [1.29, 1.82) is 0 Å². The number of piperazine rings is 1. The summed E-state index contributed by atoms with van der Waals surface area (Å²) in [4.78, 5) is 84.8. The summed E-state index contributed by atoms with van der Waals surface area (Å²) in [5.74, 6) is -3.18. The molecule has 292 valence electrons. The molecule has 0 aromatic rings. The lowest BCUT2D eigenvalue weighted by molar-refractivity contribution is -0.170. The summed E-state index contributed by atoms with van der Waals surface area (Å²) >= 11 is 0. The number of unbranched alkanes of at least 4 members (excludes halogenated alkanes) is 9. The van der Waals surface area contributed by atoms with Crippen LogP contribution in [0.5, 0.6) is 0 Å². The van der Waals surface area contributed by atoms with Crippen LogP contribution in [0.25, 0.3) is 0 Å². The van der Waals surface area contributed by atoms with Crippen LogP contribution in [0.2, 0.25) is 0 Å². The predicted octanol–water partition coefficient (Wildman–Crippen LogP) is 0.496. The van der Waals surface area contributed by atoms with Gasteiger partial charge in [-0.3, -0.25) is 49.2 Å². The van der Waals surface area contributed by atoms with E-state index < -0.39 is 54.4 Å². The zero-order valence-corrected chi connectivity index (χ0v) is 29.8. The Hall–Kier alpha value is -3.87. The van der Waals surface area contributed by atoms with E-state index >= 15 is 0 Å². The van der Waals surface area contributed by atoms with Gasteiger partial charge in [0, 0.05) is 26.1 Å². The van der Waals surface area contributed by atoms with E-state index in [1.807, 2.05) is 0 Å². The number of amides is 7. The maximum atomic E-state index is 13.1. The number of nitrogens with one attached hydrogen (secondary N) is 4. The molecule has 51 heavy (non-hydrogen) atoms. The first kappa shape index (κ1) is 45.2. The average molecular weight is 730 g/mol. The molecule has 18 heteroatoms. The number of carbonyl (C=O) groups excluding carboxylic acids is 7. The molecule has 0 aliphatic carbocycles. The molecule has 7 amide bonds. The highest BCUT2D eigenvalue weighted by Gasteiger charge is 2.34. The highest BCUT2D eigenvalue weighted by atomic mass is 16.5. The predicted molar refractivity (Wildman–Crippen MR) is 182 cm³/mol. The first-order valence-electron chi connectivity index (χ1n) is 18.1. The molecule has 1 rings (SSSR count). The Morgan fingerprint density at radius 1 is 0.706 bits per heavy atom. The summed E-state index contributed by atoms with van der Waals surface area (Å²) in [6.07, 6.45) is 12.2. The second-order valence-corrected chi connectivity index (χ2v) is 12.8. The van der Waals surface area contributed by atoms with E-state index in [4.69, 9.17) is 5.21 Å². The van der Waals surface area contributed by atoms with Crippen molar-refractivity contribution in [3.05, 3.63) is 0 Å². The van der Waals surface area contributed by atoms with E-state index in [2.05, 4.69) is 28.2 Å². The van der Waals surface area contributed by atoms with Gasteiger partial charge in [-0.25, -0.2) is 15.2 Å². The van der Waals surface area contributed by atoms with Gasteiger partial charge in [-0.1, -0.05) is 64.7 Å². The van der Waals surface area contributed by atoms with Crippen LogP contribution in [0.1, 0.15) is 116 Å². The molecule has 1 aliphatic heterocycles. The molecule has 4 atom stereocenters. The Bertz CT molecular complexity index is 1080. The fourth-order valence-electron chi connectivity index (χ4n) is 5.60. The van der Waals surface area contributed by atoms with Crippen LogP contribution < -0.4 is 21.3 Å². The largest absolute Gasteiger partial charge is 0.394 e. The van der Waals surface area contributed by atoms with Crippen molar-refractivity contribution in [3.8, 4) is 0 Å². The van der Waals surface area contributed by atoms with E-state index in [9.17, 15) is 49.1 Å². The van der Waals surface area contributed by atoms with Crippen LogP contribution in [-0.4, -0.2) is 129 Å². The fourth-order valence-corrected chi connectivity index (χ4v) is 5.60. The second kappa shape index (κ2) is 26.9. The molecule has 1 heterocycles. The summed E-state index contributed by atoms with van der Waals surface area (Å²) in [6, 6.07) is -4.51. The second-order valence-electron chi connectivity index (χ2n) is 12.8. The van der Waals surface area contributed by atoms with E-state index in [1.165, 1.54) is 32.1 Å². The van der Waals surface area contributed by atoms with Gasteiger partial charge in [-0.05, 0) is 44.9 Å². The van der Waals surface area contributed by atoms with Gasteiger partial charge in [0.2, 0.25) is 36.4 Å². The van der Waals surface area contributed by atoms with Crippen molar-refractivity contribution in [2.45, 2.75) is 140 Å². The zero-order valence-electron chi connectivity index (χ0n) is 29.8. The van der Waals surface area contributed by atoms with E-state index in [0.717, 1.165) is 25.7 Å². The minimum Gasteiger partial charge on any atom is -0.394 e. The van der Waals surface area contributed by atoms with E-state index in [1.54, 1.807) is 0 Å². The van der Waals surface area contributed by atoms with Gasteiger partial charge in [-0.2, -0.15) is 0 Å². The lowest BCUT2D eigenvalue weighted by Gasteiger charge is -2.30. The van der Waals surface area contributed by atoms with Gasteiger partial charge >= 0.3 is 0 Å². The molecule has 0 aromatic carbocycles. The lowest BCUT2D eigenvalue weighted by atomic mass is 10.0. The molecular weight excluding hydrogens is 670 g/mol. The number of hydrogen-bond donors (Lipinski definition) is 8. The minimum absolute atomic E-state index is 0.00430. The van der Waals surface area contributed by atoms with Gasteiger partial charge < -0.3 is 26.4 Å². The zero-order chi connectivity index (χ0) is 38.0. The highest BCUT2D eigenvalue weighted by Crippen LogP contribution is 2.12. The quantitative estimate of drug-likeness (QED) is 0.0219. The number of rotatable bonds is 30. The molecule has 8 N–H and O–H groups in total. The van der Waals surface area contributed by atoms with Gasteiger partial charge in [0.25, 0.3) is 5.91 Å².